The summed E-state index contributed by atoms with van der Waals surface area (Å²) < 4.78 is 42.2. The first-order valence-corrected chi connectivity index (χ1v) is 5.82. The molecule has 0 radical (unpaired) electrons. The van der Waals surface area contributed by atoms with Crippen LogP contribution in [0.3, 0.4) is 0 Å². The maximum atomic E-state index is 12.4. The summed E-state index contributed by atoms with van der Waals surface area (Å²) in [6.07, 6.45) is -2.31. The molecule has 1 aromatic heterocycles. The van der Waals surface area contributed by atoms with Gasteiger partial charge in [-0.15, -0.1) is 0 Å². The first-order valence-electron chi connectivity index (χ1n) is 5.82. The van der Waals surface area contributed by atoms with E-state index in [1.165, 1.54) is 18.5 Å². The van der Waals surface area contributed by atoms with Crippen LogP contribution < -0.4 is 10.1 Å². The minimum absolute atomic E-state index is 0.221. The van der Waals surface area contributed by atoms with Gasteiger partial charge < -0.3 is 10.1 Å². The van der Waals surface area contributed by atoms with Gasteiger partial charge in [0.1, 0.15) is 5.75 Å². The highest BCUT2D eigenvalue weighted by molar-refractivity contribution is 5.30. The molecule has 0 spiro atoms. The van der Waals surface area contributed by atoms with Crippen LogP contribution in [0.4, 0.5) is 13.2 Å². The summed E-state index contributed by atoms with van der Waals surface area (Å²) in [6, 6.07) is 1.45. The summed E-state index contributed by atoms with van der Waals surface area (Å²) in [5.41, 5.74) is 0.627. The molecule has 1 N–H and O–H groups in total. The Labute approximate surface area is 104 Å². The Balaban J connectivity index is 2.70. The van der Waals surface area contributed by atoms with E-state index in [1.54, 1.807) is 0 Å². The summed E-state index contributed by atoms with van der Waals surface area (Å²) in [6.45, 7) is 4.24. The van der Waals surface area contributed by atoms with Gasteiger partial charge in [0.25, 0.3) is 0 Å². The first kappa shape index (κ1) is 14.8. The van der Waals surface area contributed by atoms with E-state index < -0.39 is 12.3 Å². The average Bonchev–Trinajstić information content (AvgIpc) is 2.30. The van der Waals surface area contributed by atoms with E-state index in [0.29, 0.717) is 12.1 Å². The number of alkyl halides is 3. The van der Waals surface area contributed by atoms with Gasteiger partial charge in [-0.3, -0.25) is 4.98 Å². The lowest BCUT2D eigenvalue weighted by Crippen LogP contribution is -2.31. The van der Waals surface area contributed by atoms with Crippen molar-refractivity contribution in [3.63, 3.8) is 0 Å². The van der Waals surface area contributed by atoms with Crippen molar-refractivity contribution in [2.24, 2.45) is 0 Å². The third kappa shape index (κ3) is 4.52. The van der Waals surface area contributed by atoms with Crippen molar-refractivity contribution in [2.75, 3.05) is 6.54 Å². The monoisotopic (exact) mass is 262 g/mol. The molecule has 0 aliphatic rings. The number of aromatic nitrogens is 1. The molecule has 0 fully saturated rings. The maximum absolute atomic E-state index is 12.4. The summed E-state index contributed by atoms with van der Waals surface area (Å²) in [5, 5.41) is 3.10. The summed E-state index contributed by atoms with van der Waals surface area (Å²) in [7, 11) is 0. The summed E-state index contributed by atoms with van der Waals surface area (Å²) in [5.74, 6) is 0.221. The lowest BCUT2D eigenvalue weighted by atomic mass is 10.2. The molecule has 0 aliphatic carbocycles. The molecule has 3 nitrogen and oxygen atoms in total. The number of halogens is 3. The fourth-order valence-electron chi connectivity index (χ4n) is 1.32. The standard InChI is InChI=1S/C12H17F3N2O/c1-3-5-16-7-10-8-17-6-4-11(10)18-9(2)12(13,14)15/h4,6,8-9,16H,3,5,7H2,1-2H3. The zero-order valence-electron chi connectivity index (χ0n) is 10.4. The molecular weight excluding hydrogens is 245 g/mol. The van der Waals surface area contributed by atoms with Crippen molar-refractivity contribution in [3.8, 4) is 5.75 Å². The summed E-state index contributed by atoms with van der Waals surface area (Å²) >= 11 is 0. The van der Waals surface area contributed by atoms with Crippen molar-refractivity contribution in [2.45, 2.75) is 39.1 Å². The maximum Gasteiger partial charge on any atom is 0.425 e. The topological polar surface area (TPSA) is 34.2 Å². The van der Waals surface area contributed by atoms with Crippen LogP contribution in [-0.2, 0) is 6.54 Å². The molecule has 1 rings (SSSR count). The quantitative estimate of drug-likeness (QED) is 0.800. The van der Waals surface area contributed by atoms with Crippen LogP contribution in [0, 0.1) is 0 Å². The number of ether oxygens (including phenoxy) is 1. The van der Waals surface area contributed by atoms with Crippen LogP contribution in [0.15, 0.2) is 18.5 Å². The van der Waals surface area contributed by atoms with Crippen LogP contribution in [0.1, 0.15) is 25.8 Å². The van der Waals surface area contributed by atoms with E-state index in [0.717, 1.165) is 19.9 Å². The van der Waals surface area contributed by atoms with E-state index in [1.807, 2.05) is 6.92 Å². The third-order valence-electron chi connectivity index (χ3n) is 2.37. The van der Waals surface area contributed by atoms with E-state index in [-0.39, 0.29) is 5.75 Å². The number of hydrogen-bond donors (Lipinski definition) is 1. The van der Waals surface area contributed by atoms with Gasteiger partial charge in [0.05, 0.1) is 0 Å². The van der Waals surface area contributed by atoms with Crippen LogP contribution in [0.25, 0.3) is 0 Å². The average molecular weight is 262 g/mol. The van der Waals surface area contributed by atoms with Crippen molar-refractivity contribution < 1.29 is 17.9 Å². The van der Waals surface area contributed by atoms with Crippen molar-refractivity contribution in [1.29, 1.82) is 0 Å². The molecule has 0 aromatic carbocycles. The number of rotatable bonds is 6. The Kier molecular flexibility index (Phi) is 5.40. The van der Waals surface area contributed by atoms with Crippen molar-refractivity contribution in [3.05, 3.63) is 24.0 Å². The molecular formula is C12H17F3N2O. The van der Waals surface area contributed by atoms with Gasteiger partial charge in [0.15, 0.2) is 6.10 Å². The smallest absolute Gasteiger partial charge is 0.425 e. The molecule has 0 amide bonds. The van der Waals surface area contributed by atoms with Crippen LogP contribution >= 0.6 is 0 Å². The van der Waals surface area contributed by atoms with Gasteiger partial charge in [-0.1, -0.05) is 6.92 Å². The van der Waals surface area contributed by atoms with Gasteiger partial charge in [0.2, 0.25) is 0 Å². The van der Waals surface area contributed by atoms with Crippen LogP contribution in [0.2, 0.25) is 0 Å². The molecule has 1 atom stereocenters. The van der Waals surface area contributed by atoms with E-state index in [4.69, 9.17) is 4.74 Å². The van der Waals surface area contributed by atoms with Gasteiger partial charge in [-0.05, 0) is 26.0 Å². The van der Waals surface area contributed by atoms with Gasteiger partial charge in [-0.2, -0.15) is 13.2 Å². The Hall–Kier alpha value is -1.30. The Morgan fingerprint density at radius 1 is 1.44 bits per heavy atom. The lowest BCUT2D eigenvalue weighted by Gasteiger charge is -2.19. The Morgan fingerprint density at radius 2 is 2.17 bits per heavy atom. The SMILES string of the molecule is CCCNCc1cnccc1OC(C)C(F)(F)F. The summed E-state index contributed by atoms with van der Waals surface area (Å²) in [4.78, 5) is 3.89. The Morgan fingerprint density at radius 3 is 2.78 bits per heavy atom. The highest BCUT2D eigenvalue weighted by Gasteiger charge is 2.38. The molecule has 1 unspecified atom stereocenters. The normalized spacial score (nSPS) is 13.4. The third-order valence-corrected chi connectivity index (χ3v) is 2.37. The first-order chi connectivity index (χ1) is 8.45. The van der Waals surface area contributed by atoms with E-state index in [2.05, 4.69) is 10.3 Å². The van der Waals surface area contributed by atoms with Gasteiger partial charge in [0, 0.05) is 24.5 Å². The zero-order valence-corrected chi connectivity index (χ0v) is 10.4. The second-order valence-electron chi connectivity index (χ2n) is 3.96. The number of nitrogens with zero attached hydrogens (tertiary/aromatic N) is 1. The van der Waals surface area contributed by atoms with Crippen LogP contribution in [0.5, 0.6) is 5.75 Å². The number of hydrogen-bond acceptors (Lipinski definition) is 3. The second-order valence-corrected chi connectivity index (χ2v) is 3.96. The molecule has 1 heterocycles. The van der Waals surface area contributed by atoms with Crippen LogP contribution in [-0.4, -0.2) is 23.8 Å². The zero-order chi connectivity index (χ0) is 13.6. The molecule has 0 saturated heterocycles. The highest BCUT2D eigenvalue weighted by atomic mass is 19.4. The molecule has 6 heteroatoms. The van der Waals surface area contributed by atoms with Gasteiger partial charge >= 0.3 is 6.18 Å². The molecule has 18 heavy (non-hydrogen) atoms. The minimum Gasteiger partial charge on any atom is -0.481 e. The molecule has 0 aliphatic heterocycles. The van der Waals surface area contributed by atoms with Crippen molar-refractivity contribution in [1.82, 2.24) is 10.3 Å². The second kappa shape index (κ2) is 6.58. The molecule has 102 valence electrons. The minimum atomic E-state index is -4.36. The molecule has 0 bridgehead atoms. The fraction of sp³-hybridized carbons (Fsp3) is 0.583. The molecule has 1 aromatic rings. The molecule has 0 saturated carbocycles. The fourth-order valence-corrected chi connectivity index (χ4v) is 1.32. The largest absolute Gasteiger partial charge is 0.481 e. The van der Waals surface area contributed by atoms with Crippen molar-refractivity contribution >= 4 is 0 Å². The van der Waals surface area contributed by atoms with E-state index in [9.17, 15) is 13.2 Å². The predicted molar refractivity (Wildman–Crippen MR) is 62.4 cm³/mol. The Bertz CT molecular complexity index is 369. The number of nitrogens with one attached hydrogen (secondary N) is 1. The van der Waals surface area contributed by atoms with E-state index >= 15 is 0 Å². The highest BCUT2D eigenvalue weighted by Crippen LogP contribution is 2.26. The predicted octanol–water partition coefficient (Wildman–Crippen LogP) is 2.91. The van der Waals surface area contributed by atoms with Gasteiger partial charge in [-0.25, -0.2) is 0 Å². The number of pyridine rings is 1. The lowest BCUT2D eigenvalue weighted by molar-refractivity contribution is -0.189.